The monoisotopic (exact) mass is 292 g/mol. The lowest BCUT2D eigenvalue weighted by Gasteiger charge is -2.23. The summed E-state index contributed by atoms with van der Waals surface area (Å²) in [6.07, 6.45) is 0.967. The van der Waals surface area contributed by atoms with Gasteiger partial charge in [-0.25, -0.2) is 0 Å². The summed E-state index contributed by atoms with van der Waals surface area (Å²) in [5, 5.41) is 0. The first kappa shape index (κ1) is 18.0. The van der Waals surface area contributed by atoms with E-state index in [9.17, 15) is 0 Å². The number of hydrogen-bond acceptors (Lipinski definition) is 3. The molecule has 1 aromatic carbocycles. The second-order valence-corrected chi connectivity index (χ2v) is 6.69. The van der Waals surface area contributed by atoms with Crippen molar-refractivity contribution in [3.05, 3.63) is 28.8 Å². The van der Waals surface area contributed by atoms with E-state index in [0.29, 0.717) is 30.8 Å². The van der Waals surface area contributed by atoms with Crippen LogP contribution < -0.4 is 16.2 Å². The van der Waals surface area contributed by atoms with Crippen molar-refractivity contribution in [1.82, 2.24) is 0 Å². The quantitative estimate of drug-likeness (QED) is 0.774. The molecule has 3 heteroatoms. The molecule has 0 bridgehead atoms. The Labute approximate surface area is 130 Å². The van der Waals surface area contributed by atoms with Crippen molar-refractivity contribution in [2.75, 3.05) is 19.7 Å². The van der Waals surface area contributed by atoms with Gasteiger partial charge in [0.2, 0.25) is 0 Å². The summed E-state index contributed by atoms with van der Waals surface area (Å²) in [6.45, 7) is 12.9. The first-order valence-corrected chi connectivity index (χ1v) is 8.02. The second kappa shape index (κ2) is 8.40. The maximum Gasteiger partial charge on any atom is 0.125 e. The van der Waals surface area contributed by atoms with Gasteiger partial charge in [-0.3, -0.25) is 0 Å². The van der Waals surface area contributed by atoms with Gasteiger partial charge in [0.1, 0.15) is 5.75 Å². The Morgan fingerprint density at radius 1 is 1.05 bits per heavy atom. The van der Waals surface area contributed by atoms with Gasteiger partial charge in [-0.1, -0.05) is 38.5 Å². The lowest BCUT2D eigenvalue weighted by molar-refractivity contribution is 0.264. The van der Waals surface area contributed by atoms with Crippen molar-refractivity contribution < 1.29 is 4.74 Å². The van der Waals surface area contributed by atoms with Crippen LogP contribution in [-0.2, 0) is 6.42 Å². The van der Waals surface area contributed by atoms with E-state index in [1.807, 2.05) is 0 Å². The molecule has 0 saturated heterocycles. The van der Waals surface area contributed by atoms with Gasteiger partial charge in [0.25, 0.3) is 0 Å². The van der Waals surface area contributed by atoms with E-state index >= 15 is 0 Å². The Kier molecular flexibility index (Phi) is 7.20. The van der Waals surface area contributed by atoms with E-state index in [0.717, 1.165) is 18.8 Å². The van der Waals surface area contributed by atoms with Crippen LogP contribution in [0.3, 0.4) is 0 Å². The van der Waals surface area contributed by atoms with Crippen LogP contribution in [0.4, 0.5) is 0 Å². The molecule has 1 atom stereocenters. The van der Waals surface area contributed by atoms with Crippen molar-refractivity contribution >= 4 is 0 Å². The molecule has 1 rings (SSSR count). The molecule has 1 aromatic rings. The number of hydrogen-bond donors (Lipinski definition) is 2. The Hall–Kier alpha value is -1.06. The zero-order valence-corrected chi connectivity index (χ0v) is 14.3. The molecule has 0 amide bonds. The zero-order chi connectivity index (χ0) is 16.0. The molecule has 0 aliphatic carbocycles. The molecule has 0 saturated carbocycles. The van der Waals surface area contributed by atoms with Crippen LogP contribution in [0.1, 0.15) is 37.5 Å². The van der Waals surface area contributed by atoms with Gasteiger partial charge >= 0.3 is 0 Å². The fourth-order valence-corrected chi connectivity index (χ4v) is 2.72. The number of ether oxygens (including phenoxy) is 1. The van der Waals surface area contributed by atoms with Crippen LogP contribution in [0.5, 0.6) is 5.75 Å². The molecule has 21 heavy (non-hydrogen) atoms. The van der Waals surface area contributed by atoms with Gasteiger partial charge in [0.15, 0.2) is 0 Å². The smallest absolute Gasteiger partial charge is 0.125 e. The van der Waals surface area contributed by atoms with Crippen molar-refractivity contribution in [3.8, 4) is 5.75 Å². The summed E-state index contributed by atoms with van der Waals surface area (Å²) < 4.78 is 6.07. The number of nitrogens with two attached hydrogens (primary N) is 2. The first-order chi connectivity index (χ1) is 9.88. The third-order valence-electron chi connectivity index (χ3n) is 4.01. The Balaban J connectivity index is 2.98. The average Bonchev–Trinajstić information content (AvgIpc) is 2.38. The van der Waals surface area contributed by atoms with Gasteiger partial charge in [-0.05, 0) is 62.2 Å². The standard InChI is InChI=1S/C18H32N2O/c1-12(2)11-21-18-15(5)6-13(3)7-16(18)8-14(4)17(9-19)10-20/h6-7,12,14,17H,8-11,19-20H2,1-5H3. The fourth-order valence-electron chi connectivity index (χ4n) is 2.72. The molecule has 0 spiro atoms. The minimum atomic E-state index is 0.365. The average molecular weight is 292 g/mol. The lowest BCUT2D eigenvalue weighted by Crippen LogP contribution is -2.30. The molecule has 120 valence electrons. The Bertz CT molecular complexity index is 439. The van der Waals surface area contributed by atoms with Gasteiger partial charge in [-0.2, -0.15) is 0 Å². The fraction of sp³-hybridized carbons (Fsp3) is 0.667. The molecule has 0 fully saturated rings. The van der Waals surface area contributed by atoms with Crippen LogP contribution in [0, 0.1) is 31.6 Å². The second-order valence-electron chi connectivity index (χ2n) is 6.69. The van der Waals surface area contributed by atoms with Crippen molar-refractivity contribution in [2.24, 2.45) is 29.2 Å². The van der Waals surface area contributed by atoms with E-state index in [1.54, 1.807) is 0 Å². The topological polar surface area (TPSA) is 61.3 Å². The SMILES string of the molecule is Cc1cc(C)c(OCC(C)C)c(CC(C)C(CN)CN)c1. The molecule has 0 heterocycles. The largest absolute Gasteiger partial charge is 0.493 e. The summed E-state index contributed by atoms with van der Waals surface area (Å²) >= 11 is 0. The third-order valence-corrected chi connectivity index (χ3v) is 4.01. The van der Waals surface area contributed by atoms with E-state index in [-0.39, 0.29) is 0 Å². The molecular weight excluding hydrogens is 260 g/mol. The van der Waals surface area contributed by atoms with Crippen molar-refractivity contribution in [1.29, 1.82) is 0 Å². The molecule has 1 unspecified atom stereocenters. The van der Waals surface area contributed by atoms with Gasteiger partial charge in [-0.15, -0.1) is 0 Å². The molecule has 0 aromatic heterocycles. The van der Waals surface area contributed by atoms with Gasteiger partial charge < -0.3 is 16.2 Å². The molecule has 0 aliphatic rings. The summed E-state index contributed by atoms with van der Waals surface area (Å²) in [4.78, 5) is 0. The third kappa shape index (κ3) is 5.33. The molecule has 4 N–H and O–H groups in total. The summed E-state index contributed by atoms with van der Waals surface area (Å²) in [5.41, 5.74) is 15.4. The summed E-state index contributed by atoms with van der Waals surface area (Å²) in [7, 11) is 0. The van der Waals surface area contributed by atoms with Crippen LogP contribution in [0.15, 0.2) is 12.1 Å². The van der Waals surface area contributed by atoms with Crippen LogP contribution in [0.2, 0.25) is 0 Å². The Morgan fingerprint density at radius 2 is 1.67 bits per heavy atom. The first-order valence-electron chi connectivity index (χ1n) is 8.02. The minimum absolute atomic E-state index is 0.365. The number of benzene rings is 1. The van der Waals surface area contributed by atoms with Gasteiger partial charge in [0.05, 0.1) is 6.61 Å². The lowest BCUT2D eigenvalue weighted by atomic mass is 9.87. The summed E-state index contributed by atoms with van der Waals surface area (Å²) in [5.74, 6) is 2.40. The van der Waals surface area contributed by atoms with E-state index < -0.39 is 0 Å². The Morgan fingerprint density at radius 3 is 2.19 bits per heavy atom. The van der Waals surface area contributed by atoms with E-state index in [1.165, 1.54) is 16.7 Å². The summed E-state index contributed by atoms with van der Waals surface area (Å²) in [6, 6.07) is 4.43. The van der Waals surface area contributed by atoms with Crippen LogP contribution >= 0.6 is 0 Å². The van der Waals surface area contributed by atoms with E-state index in [2.05, 4.69) is 46.8 Å². The molecular formula is C18H32N2O. The highest BCUT2D eigenvalue weighted by Gasteiger charge is 2.18. The van der Waals surface area contributed by atoms with Crippen LogP contribution in [-0.4, -0.2) is 19.7 Å². The highest BCUT2D eigenvalue weighted by atomic mass is 16.5. The molecule has 3 nitrogen and oxygen atoms in total. The zero-order valence-electron chi connectivity index (χ0n) is 14.3. The normalized spacial score (nSPS) is 13.0. The highest BCUT2D eigenvalue weighted by Crippen LogP contribution is 2.29. The predicted molar refractivity (Wildman–Crippen MR) is 90.7 cm³/mol. The van der Waals surface area contributed by atoms with Crippen LogP contribution in [0.25, 0.3) is 0 Å². The predicted octanol–water partition coefficient (Wildman–Crippen LogP) is 3.05. The van der Waals surface area contributed by atoms with Crippen molar-refractivity contribution in [2.45, 2.75) is 41.0 Å². The maximum absolute atomic E-state index is 6.07. The molecule has 0 aliphatic heterocycles. The number of rotatable bonds is 8. The number of aryl methyl sites for hydroxylation is 2. The molecule has 0 radical (unpaired) electrons. The van der Waals surface area contributed by atoms with E-state index in [4.69, 9.17) is 16.2 Å². The maximum atomic E-state index is 6.07. The van der Waals surface area contributed by atoms with Gasteiger partial charge in [0, 0.05) is 0 Å². The van der Waals surface area contributed by atoms with Crippen molar-refractivity contribution in [3.63, 3.8) is 0 Å². The minimum Gasteiger partial charge on any atom is -0.493 e. The highest BCUT2D eigenvalue weighted by molar-refractivity contribution is 5.44.